The van der Waals surface area contributed by atoms with Crippen molar-refractivity contribution < 1.29 is 4.74 Å². The van der Waals surface area contributed by atoms with Crippen LogP contribution in [0.5, 0.6) is 5.75 Å². The molecule has 2 heteroatoms. The minimum absolute atomic E-state index is 0.428. The molecule has 0 N–H and O–H groups in total. The summed E-state index contributed by atoms with van der Waals surface area (Å²) in [5, 5.41) is 0. The Labute approximate surface area is 158 Å². The second kappa shape index (κ2) is 7.31. The van der Waals surface area contributed by atoms with E-state index in [1.165, 1.54) is 29.4 Å². The molecule has 0 atom stereocenters. The first-order chi connectivity index (χ1) is 12.3. The van der Waals surface area contributed by atoms with E-state index in [1.54, 1.807) is 7.11 Å². The van der Waals surface area contributed by atoms with Crippen molar-refractivity contribution in [1.82, 2.24) is 0 Å². The van der Waals surface area contributed by atoms with Crippen molar-refractivity contribution in [2.75, 3.05) is 7.11 Å². The first kappa shape index (κ1) is 16.2. The van der Waals surface area contributed by atoms with E-state index < -0.39 is 20.4 Å². The van der Waals surface area contributed by atoms with Gasteiger partial charge in [-0.15, -0.1) is 0 Å². The SMILES string of the molecule is COc1ccc(-c2cc(-c3ccccc3)[te]c2-c2ccccc2)cc1. The van der Waals surface area contributed by atoms with Gasteiger partial charge in [-0.25, -0.2) is 0 Å². The minimum atomic E-state index is -0.428. The molecule has 0 saturated heterocycles. The molecule has 1 aromatic heterocycles. The molecule has 0 fully saturated rings. The van der Waals surface area contributed by atoms with Crippen LogP contribution in [0, 0.1) is 0 Å². The van der Waals surface area contributed by atoms with Crippen LogP contribution < -0.4 is 4.74 Å². The van der Waals surface area contributed by atoms with Gasteiger partial charge in [0.25, 0.3) is 0 Å². The van der Waals surface area contributed by atoms with Gasteiger partial charge in [-0.2, -0.15) is 0 Å². The molecule has 3 aromatic carbocycles. The second-order valence-corrected chi connectivity index (χ2v) is 8.82. The van der Waals surface area contributed by atoms with Crippen LogP contribution >= 0.6 is 0 Å². The zero-order valence-corrected chi connectivity index (χ0v) is 16.3. The Morgan fingerprint density at radius 2 is 1.24 bits per heavy atom. The molecule has 0 saturated carbocycles. The number of benzene rings is 3. The molecule has 0 bridgehead atoms. The third kappa shape index (κ3) is 3.42. The Bertz CT molecular complexity index is 954. The molecule has 4 rings (SSSR count). The average molecular weight is 438 g/mol. The normalized spacial score (nSPS) is 10.6. The molecular weight excluding hydrogens is 420 g/mol. The fourth-order valence-electron chi connectivity index (χ4n) is 2.92. The number of rotatable bonds is 4. The summed E-state index contributed by atoms with van der Waals surface area (Å²) in [6.45, 7) is 0. The van der Waals surface area contributed by atoms with Crippen molar-refractivity contribution in [3.63, 3.8) is 0 Å². The van der Waals surface area contributed by atoms with Crippen LogP contribution in [-0.4, -0.2) is 27.5 Å². The van der Waals surface area contributed by atoms with Gasteiger partial charge in [-0.05, 0) is 0 Å². The molecule has 25 heavy (non-hydrogen) atoms. The summed E-state index contributed by atoms with van der Waals surface area (Å²) in [6.07, 6.45) is 0. The van der Waals surface area contributed by atoms with Crippen LogP contribution in [0.25, 0.3) is 29.4 Å². The van der Waals surface area contributed by atoms with Gasteiger partial charge < -0.3 is 0 Å². The Morgan fingerprint density at radius 3 is 1.84 bits per heavy atom. The first-order valence-electron chi connectivity index (χ1n) is 8.24. The van der Waals surface area contributed by atoms with Crippen LogP contribution in [-0.2, 0) is 0 Å². The molecule has 0 aliphatic heterocycles. The van der Waals surface area contributed by atoms with Gasteiger partial charge in [-0.3, -0.25) is 0 Å². The Balaban J connectivity index is 1.87. The van der Waals surface area contributed by atoms with Crippen LogP contribution in [0.3, 0.4) is 0 Å². The van der Waals surface area contributed by atoms with Gasteiger partial charge >= 0.3 is 158 Å². The fraction of sp³-hybridized carbons (Fsp3) is 0.0435. The van der Waals surface area contributed by atoms with Gasteiger partial charge in [-0.1, -0.05) is 0 Å². The van der Waals surface area contributed by atoms with Crippen molar-refractivity contribution in [1.29, 1.82) is 0 Å². The monoisotopic (exact) mass is 440 g/mol. The Kier molecular flexibility index (Phi) is 4.74. The molecular formula is C23H18OTe. The molecule has 0 spiro atoms. The molecule has 1 heterocycles. The predicted octanol–water partition coefficient (Wildman–Crippen LogP) is 5.75. The predicted molar refractivity (Wildman–Crippen MR) is 106 cm³/mol. The maximum atomic E-state index is 5.31. The van der Waals surface area contributed by atoms with Gasteiger partial charge in [0.1, 0.15) is 0 Å². The standard InChI is InChI=1S/C23H18OTe/c1-24-20-14-12-17(13-15-20)21-16-22(18-8-4-2-5-9-18)25-23(21)19-10-6-3-7-11-19/h2-16H,1H3. The summed E-state index contributed by atoms with van der Waals surface area (Å²) in [6, 6.07) is 32.3. The van der Waals surface area contributed by atoms with E-state index in [-0.39, 0.29) is 0 Å². The summed E-state index contributed by atoms with van der Waals surface area (Å²) >= 11 is -0.428. The average Bonchev–Trinajstić information content (AvgIpc) is 3.15. The number of hydrogen-bond donors (Lipinski definition) is 0. The van der Waals surface area contributed by atoms with E-state index in [4.69, 9.17) is 4.74 Å². The molecule has 0 aliphatic rings. The van der Waals surface area contributed by atoms with Crippen LogP contribution in [0.2, 0.25) is 0 Å². The zero-order valence-electron chi connectivity index (χ0n) is 14.0. The van der Waals surface area contributed by atoms with Crippen molar-refractivity contribution >= 4 is 20.4 Å². The Hall–Kier alpha value is -2.27. The number of hydrogen-bond acceptors (Lipinski definition) is 1. The van der Waals surface area contributed by atoms with E-state index in [0.29, 0.717) is 0 Å². The third-order valence-electron chi connectivity index (χ3n) is 4.23. The van der Waals surface area contributed by atoms with Crippen molar-refractivity contribution in [3.05, 3.63) is 91.0 Å². The quantitative estimate of drug-likeness (QED) is 0.369. The van der Waals surface area contributed by atoms with Crippen LogP contribution in [0.4, 0.5) is 0 Å². The van der Waals surface area contributed by atoms with Gasteiger partial charge in [0.05, 0.1) is 0 Å². The molecule has 4 aromatic rings. The third-order valence-corrected chi connectivity index (χ3v) is 7.75. The van der Waals surface area contributed by atoms with E-state index in [1.807, 2.05) is 12.1 Å². The van der Waals surface area contributed by atoms with E-state index in [2.05, 4.69) is 78.9 Å². The van der Waals surface area contributed by atoms with E-state index in [0.717, 1.165) is 5.75 Å². The summed E-state index contributed by atoms with van der Waals surface area (Å²) in [5.74, 6) is 0.896. The van der Waals surface area contributed by atoms with E-state index >= 15 is 0 Å². The van der Waals surface area contributed by atoms with Crippen LogP contribution in [0.15, 0.2) is 91.0 Å². The van der Waals surface area contributed by atoms with Gasteiger partial charge in [0, 0.05) is 0 Å². The van der Waals surface area contributed by atoms with Crippen LogP contribution in [0.1, 0.15) is 0 Å². The number of ether oxygens (including phenoxy) is 1. The van der Waals surface area contributed by atoms with Crippen molar-refractivity contribution in [2.24, 2.45) is 0 Å². The molecule has 0 amide bonds. The fourth-order valence-corrected chi connectivity index (χ4v) is 6.32. The summed E-state index contributed by atoms with van der Waals surface area (Å²) in [4.78, 5) is 0. The zero-order chi connectivity index (χ0) is 17.1. The molecule has 0 unspecified atom stereocenters. The molecule has 1 nitrogen and oxygen atoms in total. The molecule has 0 aliphatic carbocycles. The Morgan fingerprint density at radius 1 is 0.640 bits per heavy atom. The summed E-state index contributed by atoms with van der Waals surface area (Å²) < 4.78 is 8.32. The van der Waals surface area contributed by atoms with Gasteiger partial charge in [0.15, 0.2) is 0 Å². The second-order valence-electron chi connectivity index (χ2n) is 5.81. The number of methoxy groups -OCH3 is 1. The molecule has 0 radical (unpaired) electrons. The van der Waals surface area contributed by atoms with Gasteiger partial charge in [0.2, 0.25) is 0 Å². The maximum absolute atomic E-state index is 5.31. The first-order valence-corrected chi connectivity index (χ1v) is 10.6. The van der Waals surface area contributed by atoms with Crippen molar-refractivity contribution in [3.8, 4) is 35.2 Å². The molecule has 122 valence electrons. The topological polar surface area (TPSA) is 9.23 Å². The van der Waals surface area contributed by atoms with E-state index in [9.17, 15) is 0 Å². The summed E-state index contributed by atoms with van der Waals surface area (Å²) in [7, 11) is 1.71. The van der Waals surface area contributed by atoms with Crippen molar-refractivity contribution in [2.45, 2.75) is 0 Å². The summed E-state index contributed by atoms with van der Waals surface area (Å²) in [5.41, 5.74) is 5.31.